The van der Waals surface area contributed by atoms with Gasteiger partial charge in [-0.3, -0.25) is 14.4 Å². The average molecular weight is 566 g/mol. The molecule has 10 atom stereocenters. The molecule has 0 radical (unpaired) electrons. The van der Waals surface area contributed by atoms with Crippen molar-refractivity contribution in [2.45, 2.75) is 96.5 Å². The van der Waals surface area contributed by atoms with E-state index in [9.17, 15) is 19.5 Å². The number of hydrogen-bond donors (Lipinski definition) is 2. The lowest BCUT2D eigenvalue weighted by molar-refractivity contribution is -0.189. The second-order valence-electron chi connectivity index (χ2n) is 13.2. The Kier molecular flexibility index (Phi) is 7.36. The lowest BCUT2D eigenvalue weighted by Crippen LogP contribution is -2.67. The van der Waals surface area contributed by atoms with Gasteiger partial charge < -0.3 is 24.6 Å². The van der Waals surface area contributed by atoms with Crippen LogP contribution in [0.1, 0.15) is 60.5 Å². The summed E-state index contributed by atoms with van der Waals surface area (Å²) in [6.07, 6.45) is 6.14. The van der Waals surface area contributed by atoms with Gasteiger partial charge in [0.15, 0.2) is 11.6 Å². The summed E-state index contributed by atoms with van der Waals surface area (Å²) >= 11 is 0. The van der Waals surface area contributed by atoms with Crippen molar-refractivity contribution in [2.75, 3.05) is 0 Å². The third kappa shape index (κ3) is 4.78. The monoisotopic (exact) mass is 565 g/mol. The average Bonchev–Trinajstić information content (AvgIpc) is 3.32. The molecule has 2 aliphatic carbocycles. The lowest BCUT2D eigenvalue weighted by Gasteiger charge is -2.56. The highest BCUT2D eigenvalue weighted by molar-refractivity contribution is 5.91. The highest BCUT2D eigenvalue weighted by Gasteiger charge is 2.75. The van der Waals surface area contributed by atoms with Crippen LogP contribution in [0.5, 0.6) is 0 Å². The van der Waals surface area contributed by atoms with Crippen molar-refractivity contribution >= 4 is 17.7 Å². The summed E-state index contributed by atoms with van der Waals surface area (Å²) in [6.45, 7) is 12.4. The standard InChI is InChI=1S/C33H43NO7/c1-19-12-11-15-23-28-32(7,41-30(4,5)40-28)20(2)26-24(18-22-13-9-8-10-14-22)34-29(37)33(23,26)25(39-21(3)35)16-17-31(6,38)27(19)36/h8-11,13-17,19-20,23-26,28,38H,12,18H2,1-7H3,(H,34,37)/b15-11+,17-16+/t19-,20-,23-,24-,25+,26-,28-,31+,32+,33+/m0/s1. The highest BCUT2D eigenvalue weighted by atomic mass is 16.8. The van der Waals surface area contributed by atoms with Crippen molar-refractivity contribution in [1.29, 1.82) is 0 Å². The van der Waals surface area contributed by atoms with Crippen LogP contribution in [-0.2, 0) is 35.0 Å². The number of ketones is 1. The maximum Gasteiger partial charge on any atom is 0.303 e. The van der Waals surface area contributed by atoms with E-state index in [0.717, 1.165) is 5.56 Å². The second kappa shape index (κ2) is 10.2. The van der Waals surface area contributed by atoms with Crippen LogP contribution in [0, 0.1) is 29.1 Å². The number of hydrogen-bond acceptors (Lipinski definition) is 7. The quantitative estimate of drug-likeness (QED) is 0.422. The van der Waals surface area contributed by atoms with Crippen molar-refractivity contribution in [1.82, 2.24) is 5.32 Å². The van der Waals surface area contributed by atoms with Gasteiger partial charge in [-0.05, 0) is 64.2 Å². The maximum atomic E-state index is 14.6. The van der Waals surface area contributed by atoms with Gasteiger partial charge in [-0.2, -0.15) is 0 Å². The van der Waals surface area contributed by atoms with Gasteiger partial charge in [-0.15, -0.1) is 0 Å². The number of aliphatic hydroxyl groups is 1. The summed E-state index contributed by atoms with van der Waals surface area (Å²) in [5, 5.41) is 14.5. The van der Waals surface area contributed by atoms with E-state index < -0.39 is 52.4 Å². The summed E-state index contributed by atoms with van der Waals surface area (Å²) in [7, 11) is 0. The summed E-state index contributed by atoms with van der Waals surface area (Å²) < 4.78 is 19.3. The molecule has 222 valence electrons. The minimum atomic E-state index is -1.81. The summed E-state index contributed by atoms with van der Waals surface area (Å²) in [6, 6.07) is 9.69. The fourth-order valence-electron chi connectivity index (χ4n) is 8.11. The number of carbonyl (C=O) groups is 3. The zero-order valence-corrected chi connectivity index (χ0v) is 25.0. The molecular weight excluding hydrogens is 522 g/mol. The highest BCUT2D eigenvalue weighted by Crippen LogP contribution is 2.64. The Morgan fingerprint density at radius 1 is 1.10 bits per heavy atom. The van der Waals surface area contributed by atoms with E-state index >= 15 is 0 Å². The van der Waals surface area contributed by atoms with Crippen molar-refractivity contribution < 1.29 is 33.7 Å². The zero-order valence-electron chi connectivity index (χ0n) is 25.0. The van der Waals surface area contributed by atoms with Gasteiger partial charge in [0.05, 0.1) is 11.7 Å². The summed E-state index contributed by atoms with van der Waals surface area (Å²) in [5.74, 6) is -3.65. The largest absolute Gasteiger partial charge is 0.457 e. The van der Waals surface area contributed by atoms with Gasteiger partial charge in [0.1, 0.15) is 17.1 Å². The van der Waals surface area contributed by atoms with Gasteiger partial charge >= 0.3 is 5.97 Å². The summed E-state index contributed by atoms with van der Waals surface area (Å²) in [4.78, 5) is 40.4. The molecule has 8 nitrogen and oxygen atoms in total. The van der Waals surface area contributed by atoms with Crippen LogP contribution in [0.15, 0.2) is 54.6 Å². The molecule has 1 aromatic rings. The Morgan fingerprint density at radius 2 is 1.78 bits per heavy atom. The first-order valence-electron chi connectivity index (χ1n) is 14.7. The number of benzene rings is 1. The zero-order chi connectivity index (χ0) is 30.0. The molecule has 5 rings (SSSR count). The number of nitrogens with one attached hydrogen (secondary N) is 1. The van der Waals surface area contributed by atoms with E-state index in [0.29, 0.717) is 12.8 Å². The van der Waals surface area contributed by atoms with E-state index in [-0.39, 0.29) is 29.6 Å². The number of fused-ring (bicyclic) bond motifs is 2. The molecule has 4 aliphatic rings. The molecule has 1 spiro atoms. The van der Waals surface area contributed by atoms with Crippen molar-refractivity contribution in [3.05, 3.63) is 60.2 Å². The number of esters is 1. The van der Waals surface area contributed by atoms with Gasteiger partial charge in [-0.1, -0.05) is 56.3 Å². The molecule has 0 bridgehead atoms. The molecular formula is C33H43NO7. The van der Waals surface area contributed by atoms with Crippen LogP contribution in [0.4, 0.5) is 0 Å². The number of amides is 1. The van der Waals surface area contributed by atoms with E-state index in [1.165, 1.54) is 19.9 Å². The van der Waals surface area contributed by atoms with Crippen LogP contribution in [-0.4, -0.2) is 58.0 Å². The Hall–Kier alpha value is -2.81. The fourth-order valence-corrected chi connectivity index (χ4v) is 8.11. The third-order valence-corrected chi connectivity index (χ3v) is 9.89. The van der Waals surface area contributed by atoms with Gasteiger partial charge in [-0.25, -0.2) is 0 Å². The molecule has 0 aromatic heterocycles. The van der Waals surface area contributed by atoms with Crippen LogP contribution in [0.3, 0.4) is 0 Å². The maximum absolute atomic E-state index is 14.6. The molecule has 2 aliphatic heterocycles. The molecule has 0 unspecified atom stereocenters. The molecule has 41 heavy (non-hydrogen) atoms. The second-order valence-corrected chi connectivity index (χ2v) is 13.2. The van der Waals surface area contributed by atoms with Gasteiger partial charge in [0, 0.05) is 30.7 Å². The fraction of sp³-hybridized carbons (Fsp3) is 0.606. The number of carbonyl (C=O) groups excluding carboxylic acids is 3. The van der Waals surface area contributed by atoms with E-state index in [4.69, 9.17) is 14.2 Å². The van der Waals surface area contributed by atoms with Crippen LogP contribution < -0.4 is 5.32 Å². The van der Waals surface area contributed by atoms with Crippen LogP contribution in [0.25, 0.3) is 0 Å². The molecule has 3 fully saturated rings. The Morgan fingerprint density at radius 3 is 2.44 bits per heavy atom. The molecule has 2 N–H and O–H groups in total. The molecule has 2 saturated heterocycles. The van der Waals surface area contributed by atoms with Gasteiger partial charge in [0.25, 0.3) is 0 Å². The normalized spacial score (nSPS) is 44.9. The predicted molar refractivity (Wildman–Crippen MR) is 152 cm³/mol. The first kappa shape index (κ1) is 29.7. The first-order chi connectivity index (χ1) is 19.1. The number of rotatable bonds is 3. The molecule has 8 heteroatoms. The minimum Gasteiger partial charge on any atom is -0.457 e. The number of ether oxygens (including phenoxy) is 3. The van der Waals surface area contributed by atoms with E-state index in [1.807, 2.05) is 56.3 Å². The molecule has 1 amide bonds. The third-order valence-electron chi connectivity index (χ3n) is 9.89. The Balaban J connectivity index is 1.77. The van der Waals surface area contributed by atoms with Crippen molar-refractivity contribution in [3.8, 4) is 0 Å². The van der Waals surface area contributed by atoms with Crippen LogP contribution in [0.2, 0.25) is 0 Å². The lowest BCUT2D eigenvalue weighted by atomic mass is 9.48. The van der Waals surface area contributed by atoms with Gasteiger partial charge in [0.2, 0.25) is 5.91 Å². The van der Waals surface area contributed by atoms with E-state index in [2.05, 4.69) is 19.2 Å². The molecule has 2 heterocycles. The van der Waals surface area contributed by atoms with Crippen molar-refractivity contribution in [3.63, 3.8) is 0 Å². The Bertz CT molecular complexity index is 1270. The smallest absolute Gasteiger partial charge is 0.303 e. The van der Waals surface area contributed by atoms with Crippen LogP contribution >= 0.6 is 0 Å². The summed E-state index contributed by atoms with van der Waals surface area (Å²) in [5.41, 5.74) is -2.78. The predicted octanol–water partition coefficient (Wildman–Crippen LogP) is 3.91. The number of Topliss-reactive ketones (excluding diaryl/α,β-unsaturated/α-hetero) is 1. The first-order valence-corrected chi connectivity index (χ1v) is 14.7. The molecule has 1 aromatic carbocycles. The Labute approximate surface area is 242 Å². The minimum absolute atomic E-state index is 0.204. The SMILES string of the molecule is CC(=O)O[C@@H]1/C=C/[C@@](C)(O)C(=O)[C@@H](C)C/C=C/[C@H]2[C@@H]3OC(C)(C)O[C@]3(C)[C@@H](C)[C@H]3[C@H](Cc4ccccc4)NC(=O)[C@@]312. The molecule has 1 saturated carbocycles. The topological polar surface area (TPSA) is 111 Å². The van der Waals surface area contributed by atoms with Crippen molar-refractivity contribution in [2.24, 2.45) is 29.1 Å². The number of allylic oxidation sites excluding steroid dienone is 1. The van der Waals surface area contributed by atoms with E-state index in [1.54, 1.807) is 13.0 Å².